The highest BCUT2D eigenvalue weighted by molar-refractivity contribution is 5.73. The predicted octanol–water partition coefficient (Wildman–Crippen LogP) is -5.16. The zero-order valence-electron chi connectivity index (χ0n) is 14.2. The molecule has 1 amide bonds. The molecule has 0 bridgehead atoms. The van der Waals surface area contributed by atoms with Crippen molar-refractivity contribution in [3.05, 3.63) is 0 Å². The third-order valence-electron chi connectivity index (χ3n) is 4.35. The minimum atomic E-state index is -1.94. The third-order valence-corrected chi connectivity index (χ3v) is 4.35. The van der Waals surface area contributed by atoms with Crippen molar-refractivity contribution in [1.29, 1.82) is 0 Å². The maximum atomic E-state index is 11.2. The second-order valence-electron chi connectivity index (χ2n) is 6.30. The van der Waals surface area contributed by atoms with Gasteiger partial charge in [0.2, 0.25) is 5.91 Å². The van der Waals surface area contributed by atoms with Crippen LogP contribution in [0.4, 0.5) is 0 Å². The van der Waals surface area contributed by atoms with Gasteiger partial charge < -0.3 is 55.3 Å². The molecule has 0 unspecified atom stereocenters. The second-order valence-corrected chi connectivity index (χ2v) is 6.30. The molecule has 0 spiro atoms. The molecule has 2 heterocycles. The first-order chi connectivity index (χ1) is 12.6. The summed E-state index contributed by atoms with van der Waals surface area (Å²) in [4.78, 5) is 22.4. The summed E-state index contributed by atoms with van der Waals surface area (Å²) in [5.74, 6) is -2.24. The van der Waals surface area contributed by atoms with Gasteiger partial charge in [-0.1, -0.05) is 0 Å². The zero-order valence-corrected chi connectivity index (χ0v) is 14.2. The van der Waals surface area contributed by atoms with Crippen LogP contribution in [0.3, 0.4) is 0 Å². The Kier molecular flexibility index (Phi) is 7.07. The van der Waals surface area contributed by atoms with Crippen LogP contribution >= 0.6 is 0 Å². The number of hydrogen-bond acceptors (Lipinski definition) is 11. The minimum absolute atomic E-state index is 0.610. The van der Waals surface area contributed by atoms with Gasteiger partial charge >= 0.3 is 5.97 Å². The second kappa shape index (κ2) is 8.72. The molecule has 2 rings (SSSR count). The Morgan fingerprint density at radius 3 is 2.15 bits per heavy atom. The smallest absolute Gasteiger partial charge is 0.335 e. The molecule has 0 aromatic heterocycles. The van der Waals surface area contributed by atoms with Crippen LogP contribution in [0, 0.1) is 0 Å². The lowest BCUT2D eigenvalue weighted by atomic mass is 9.95. The van der Waals surface area contributed by atoms with Crippen LogP contribution < -0.4 is 5.32 Å². The lowest BCUT2D eigenvalue weighted by Gasteiger charge is -2.45. The number of nitrogens with one attached hydrogen (secondary N) is 1. The van der Waals surface area contributed by atoms with E-state index in [-0.39, 0.29) is 0 Å². The number of amides is 1. The average molecular weight is 397 g/mol. The van der Waals surface area contributed by atoms with E-state index in [0.717, 1.165) is 6.92 Å². The first-order valence-electron chi connectivity index (χ1n) is 8.06. The van der Waals surface area contributed by atoms with E-state index in [1.807, 2.05) is 0 Å². The van der Waals surface area contributed by atoms with E-state index in [1.54, 1.807) is 0 Å². The van der Waals surface area contributed by atoms with Crippen molar-refractivity contribution in [1.82, 2.24) is 5.32 Å². The summed E-state index contributed by atoms with van der Waals surface area (Å²) < 4.78 is 15.3. The number of aliphatic hydroxyl groups excluding tert-OH is 6. The van der Waals surface area contributed by atoms with E-state index >= 15 is 0 Å². The first kappa shape index (κ1) is 21.9. The van der Waals surface area contributed by atoms with Gasteiger partial charge in [-0.2, -0.15) is 0 Å². The third kappa shape index (κ3) is 4.53. The Hall–Kier alpha value is -1.42. The van der Waals surface area contributed by atoms with Crippen LogP contribution in [-0.4, -0.2) is 116 Å². The van der Waals surface area contributed by atoms with Crippen molar-refractivity contribution < 1.29 is 59.5 Å². The molecule has 0 radical (unpaired) electrons. The fourth-order valence-electron chi connectivity index (χ4n) is 2.96. The van der Waals surface area contributed by atoms with Crippen LogP contribution in [0.1, 0.15) is 6.92 Å². The maximum Gasteiger partial charge on any atom is 0.335 e. The maximum absolute atomic E-state index is 11.2. The van der Waals surface area contributed by atoms with Crippen LogP contribution in [-0.2, 0) is 23.8 Å². The van der Waals surface area contributed by atoms with Gasteiger partial charge in [0.1, 0.15) is 42.7 Å². The Bertz CT molecular complexity index is 546. The van der Waals surface area contributed by atoms with E-state index < -0.39 is 79.8 Å². The van der Waals surface area contributed by atoms with Gasteiger partial charge in [-0.05, 0) is 0 Å². The zero-order chi connectivity index (χ0) is 20.5. The number of carbonyl (C=O) groups excluding carboxylic acids is 1. The fourth-order valence-corrected chi connectivity index (χ4v) is 2.96. The number of carboxylic acids is 1. The molecule has 2 saturated heterocycles. The van der Waals surface area contributed by atoms with Crippen LogP contribution in [0.25, 0.3) is 0 Å². The summed E-state index contributed by atoms with van der Waals surface area (Å²) in [7, 11) is 0. The predicted molar refractivity (Wildman–Crippen MR) is 80.8 cm³/mol. The van der Waals surface area contributed by atoms with Crippen molar-refractivity contribution >= 4 is 11.9 Å². The number of aliphatic hydroxyl groups is 6. The monoisotopic (exact) mass is 397 g/mol. The standard InChI is InChI=1S/C14H23NO12/c1-3(17)15-5-6(18)10(4(2-16)25-13(5)24)26-14-9(21)7(19)8(20)11(27-14)12(22)23/h4-11,13-14,16,18-21,24H,2H2,1H3,(H,15,17)(H,22,23)/t4-,5-,6-,7+,8+,9-,10-,11-,13+,14-/m1/s1. The average Bonchev–Trinajstić information content (AvgIpc) is 2.60. The van der Waals surface area contributed by atoms with Gasteiger partial charge in [-0.25, -0.2) is 4.79 Å². The van der Waals surface area contributed by atoms with Gasteiger partial charge in [0.15, 0.2) is 18.7 Å². The first-order valence-corrected chi connectivity index (χ1v) is 8.06. The van der Waals surface area contributed by atoms with Gasteiger partial charge in [-0.3, -0.25) is 4.79 Å². The molecular formula is C14H23NO12. The van der Waals surface area contributed by atoms with E-state index in [2.05, 4.69) is 5.32 Å². The summed E-state index contributed by atoms with van der Waals surface area (Å²) in [6.45, 7) is 0.374. The summed E-state index contributed by atoms with van der Waals surface area (Å²) in [5, 5.41) is 70.4. The summed E-state index contributed by atoms with van der Waals surface area (Å²) >= 11 is 0. The van der Waals surface area contributed by atoms with Crippen LogP contribution in [0.2, 0.25) is 0 Å². The molecule has 8 N–H and O–H groups in total. The lowest BCUT2D eigenvalue weighted by Crippen LogP contribution is -2.67. The van der Waals surface area contributed by atoms with Crippen molar-refractivity contribution in [2.24, 2.45) is 0 Å². The largest absolute Gasteiger partial charge is 0.479 e. The van der Waals surface area contributed by atoms with Crippen LogP contribution in [0.15, 0.2) is 0 Å². The van der Waals surface area contributed by atoms with Gasteiger partial charge in [0.25, 0.3) is 0 Å². The van der Waals surface area contributed by atoms with E-state index in [4.69, 9.17) is 19.3 Å². The van der Waals surface area contributed by atoms with Crippen molar-refractivity contribution in [3.63, 3.8) is 0 Å². The summed E-state index contributed by atoms with van der Waals surface area (Å²) in [5.41, 5.74) is 0. The molecule has 10 atom stereocenters. The van der Waals surface area contributed by atoms with Gasteiger partial charge in [0, 0.05) is 6.92 Å². The molecule has 2 fully saturated rings. The highest BCUT2D eigenvalue weighted by atomic mass is 16.7. The molecular weight excluding hydrogens is 374 g/mol. The molecule has 2 aliphatic rings. The van der Waals surface area contributed by atoms with Crippen molar-refractivity contribution in [3.8, 4) is 0 Å². The Balaban J connectivity index is 2.20. The molecule has 13 nitrogen and oxygen atoms in total. The molecule has 0 saturated carbocycles. The van der Waals surface area contributed by atoms with Crippen LogP contribution in [0.5, 0.6) is 0 Å². The lowest BCUT2D eigenvalue weighted by molar-refractivity contribution is -0.340. The number of carbonyl (C=O) groups is 2. The molecule has 0 aromatic carbocycles. The quantitative estimate of drug-likeness (QED) is 0.218. The Morgan fingerprint density at radius 2 is 1.63 bits per heavy atom. The van der Waals surface area contributed by atoms with E-state index in [9.17, 15) is 40.2 Å². The topological polar surface area (TPSA) is 215 Å². The molecule has 0 aromatic rings. The number of carboxylic acid groups (broad SMARTS) is 1. The van der Waals surface area contributed by atoms with E-state index in [1.165, 1.54) is 0 Å². The SMILES string of the molecule is CC(=O)N[C@@H]1[C@@H](O)[C@H](O[C@@H]2O[C@@H](C(=O)O)[C@@H](O)[C@H](O)[C@H]2O)[C@@H](CO)O[C@@H]1O. The highest BCUT2D eigenvalue weighted by Gasteiger charge is 2.52. The van der Waals surface area contributed by atoms with Crippen molar-refractivity contribution in [2.75, 3.05) is 6.61 Å². The molecule has 13 heteroatoms. The fraction of sp³-hybridized carbons (Fsp3) is 0.857. The highest BCUT2D eigenvalue weighted by Crippen LogP contribution is 2.28. The molecule has 156 valence electrons. The molecule has 27 heavy (non-hydrogen) atoms. The normalized spacial score (nSPS) is 45.3. The number of rotatable bonds is 5. The van der Waals surface area contributed by atoms with Gasteiger partial charge in [0.05, 0.1) is 6.61 Å². The summed E-state index contributed by atoms with van der Waals surface area (Å²) in [6, 6.07) is -1.36. The minimum Gasteiger partial charge on any atom is -0.479 e. The molecule has 0 aliphatic carbocycles. The number of ether oxygens (including phenoxy) is 3. The Morgan fingerprint density at radius 1 is 1.00 bits per heavy atom. The van der Waals surface area contributed by atoms with E-state index in [0.29, 0.717) is 0 Å². The number of aliphatic carboxylic acids is 1. The summed E-state index contributed by atoms with van der Waals surface area (Å²) in [6.07, 6.45) is -15.7. The number of hydrogen-bond donors (Lipinski definition) is 8. The van der Waals surface area contributed by atoms with Gasteiger partial charge in [-0.15, -0.1) is 0 Å². The van der Waals surface area contributed by atoms with Crippen molar-refractivity contribution in [2.45, 2.75) is 68.3 Å². The molecule has 2 aliphatic heterocycles. The Labute approximate surface area is 152 Å².